The van der Waals surface area contributed by atoms with Gasteiger partial charge in [-0.15, -0.1) is 0 Å². The average molecular weight is 361 g/mol. The SMILES string of the molecule is COCCCN(Cc1nc(C(=O)OC)co1)C(=O)Nc1cccc(C)c1. The van der Waals surface area contributed by atoms with Crippen LogP contribution in [0.2, 0.25) is 0 Å². The highest BCUT2D eigenvalue weighted by Gasteiger charge is 2.19. The highest BCUT2D eigenvalue weighted by atomic mass is 16.5. The molecule has 8 heteroatoms. The molecule has 0 aliphatic rings. The van der Waals surface area contributed by atoms with E-state index < -0.39 is 5.97 Å². The second-order valence-corrected chi connectivity index (χ2v) is 5.69. The Kier molecular flexibility index (Phi) is 7.16. The number of urea groups is 1. The van der Waals surface area contributed by atoms with Gasteiger partial charge in [0.15, 0.2) is 5.69 Å². The largest absolute Gasteiger partial charge is 0.464 e. The van der Waals surface area contributed by atoms with Crippen molar-refractivity contribution in [3.05, 3.63) is 47.7 Å². The fourth-order valence-electron chi connectivity index (χ4n) is 2.32. The van der Waals surface area contributed by atoms with E-state index in [2.05, 4.69) is 15.0 Å². The van der Waals surface area contributed by atoms with E-state index in [1.165, 1.54) is 13.4 Å². The minimum atomic E-state index is -0.588. The summed E-state index contributed by atoms with van der Waals surface area (Å²) in [4.78, 5) is 29.7. The number of oxazole rings is 1. The first-order chi connectivity index (χ1) is 12.5. The summed E-state index contributed by atoms with van der Waals surface area (Å²) in [6, 6.07) is 7.23. The molecule has 0 atom stereocenters. The maximum Gasteiger partial charge on any atom is 0.360 e. The summed E-state index contributed by atoms with van der Waals surface area (Å²) >= 11 is 0. The van der Waals surface area contributed by atoms with Gasteiger partial charge >= 0.3 is 12.0 Å². The number of methoxy groups -OCH3 is 2. The smallest absolute Gasteiger partial charge is 0.360 e. The molecule has 0 aliphatic heterocycles. The highest BCUT2D eigenvalue weighted by Crippen LogP contribution is 2.13. The Morgan fingerprint density at radius 1 is 1.31 bits per heavy atom. The molecule has 140 valence electrons. The van der Waals surface area contributed by atoms with Crippen molar-refractivity contribution >= 4 is 17.7 Å². The zero-order valence-corrected chi connectivity index (χ0v) is 15.2. The summed E-state index contributed by atoms with van der Waals surface area (Å²) in [5, 5.41) is 2.86. The fraction of sp³-hybridized carbons (Fsp3) is 0.389. The lowest BCUT2D eigenvalue weighted by Crippen LogP contribution is -2.35. The van der Waals surface area contributed by atoms with Crippen molar-refractivity contribution in [2.75, 3.05) is 32.7 Å². The molecule has 0 saturated carbocycles. The van der Waals surface area contributed by atoms with Crippen LogP contribution in [0.15, 0.2) is 34.9 Å². The van der Waals surface area contributed by atoms with Gasteiger partial charge in [-0.2, -0.15) is 0 Å². The quantitative estimate of drug-likeness (QED) is 0.574. The van der Waals surface area contributed by atoms with Gasteiger partial charge in [-0.3, -0.25) is 0 Å². The third-order valence-electron chi connectivity index (χ3n) is 3.61. The van der Waals surface area contributed by atoms with E-state index in [1.54, 1.807) is 12.0 Å². The van der Waals surface area contributed by atoms with Crippen LogP contribution in [0.1, 0.15) is 28.4 Å². The third kappa shape index (κ3) is 5.59. The molecule has 1 N–H and O–H groups in total. The van der Waals surface area contributed by atoms with E-state index >= 15 is 0 Å². The molecule has 0 unspecified atom stereocenters. The predicted molar refractivity (Wildman–Crippen MR) is 94.9 cm³/mol. The first kappa shape index (κ1) is 19.5. The molecular formula is C18H23N3O5. The standard InChI is InChI=1S/C18H23N3O5/c1-13-6-4-7-14(10-13)19-18(23)21(8-5-9-24-2)11-16-20-15(12-26-16)17(22)25-3/h4,6-7,10,12H,5,8-9,11H2,1-3H3,(H,19,23). The van der Waals surface area contributed by atoms with Crippen molar-refractivity contribution in [1.29, 1.82) is 0 Å². The molecule has 2 rings (SSSR count). The van der Waals surface area contributed by atoms with Crippen LogP contribution >= 0.6 is 0 Å². The van der Waals surface area contributed by atoms with Crippen LogP contribution in [0.25, 0.3) is 0 Å². The maximum atomic E-state index is 12.6. The lowest BCUT2D eigenvalue weighted by molar-refractivity contribution is 0.0594. The molecule has 1 heterocycles. The van der Waals surface area contributed by atoms with Crippen molar-refractivity contribution in [2.45, 2.75) is 19.9 Å². The van der Waals surface area contributed by atoms with Crippen LogP contribution in [0.3, 0.4) is 0 Å². The highest BCUT2D eigenvalue weighted by molar-refractivity contribution is 5.89. The number of amides is 2. The monoisotopic (exact) mass is 361 g/mol. The molecule has 26 heavy (non-hydrogen) atoms. The van der Waals surface area contributed by atoms with Crippen LogP contribution < -0.4 is 5.32 Å². The second-order valence-electron chi connectivity index (χ2n) is 5.69. The molecule has 0 saturated heterocycles. The Morgan fingerprint density at radius 3 is 2.81 bits per heavy atom. The van der Waals surface area contributed by atoms with E-state index in [4.69, 9.17) is 9.15 Å². The molecule has 0 aliphatic carbocycles. The summed E-state index contributed by atoms with van der Waals surface area (Å²) in [5.41, 5.74) is 1.82. The number of hydrogen-bond donors (Lipinski definition) is 1. The maximum absolute atomic E-state index is 12.6. The van der Waals surface area contributed by atoms with E-state index in [1.807, 2.05) is 31.2 Å². The van der Waals surface area contributed by atoms with Gasteiger partial charge in [-0.1, -0.05) is 12.1 Å². The first-order valence-electron chi connectivity index (χ1n) is 8.17. The molecule has 0 radical (unpaired) electrons. The third-order valence-corrected chi connectivity index (χ3v) is 3.61. The molecule has 0 bridgehead atoms. The number of hydrogen-bond acceptors (Lipinski definition) is 6. The number of rotatable bonds is 8. The summed E-state index contributed by atoms with van der Waals surface area (Å²) in [6.07, 6.45) is 1.87. The van der Waals surface area contributed by atoms with Crippen LogP contribution in [-0.2, 0) is 16.0 Å². The van der Waals surface area contributed by atoms with Crippen LogP contribution in [0.4, 0.5) is 10.5 Å². The van der Waals surface area contributed by atoms with Crippen molar-refractivity contribution in [1.82, 2.24) is 9.88 Å². The molecule has 0 fully saturated rings. The average Bonchev–Trinajstić information content (AvgIpc) is 3.09. The van der Waals surface area contributed by atoms with Gasteiger partial charge in [0, 0.05) is 25.9 Å². The number of ether oxygens (including phenoxy) is 2. The van der Waals surface area contributed by atoms with E-state index in [0.717, 1.165) is 5.56 Å². The summed E-state index contributed by atoms with van der Waals surface area (Å²) < 4.78 is 14.9. The predicted octanol–water partition coefficient (Wildman–Crippen LogP) is 2.84. The van der Waals surface area contributed by atoms with Gasteiger partial charge in [-0.25, -0.2) is 14.6 Å². The van der Waals surface area contributed by atoms with Crippen molar-refractivity contribution < 1.29 is 23.5 Å². The zero-order valence-electron chi connectivity index (χ0n) is 15.2. The number of aryl methyl sites for hydroxylation is 1. The van der Waals surface area contributed by atoms with Gasteiger partial charge in [-0.05, 0) is 31.0 Å². The fourth-order valence-corrected chi connectivity index (χ4v) is 2.32. The Morgan fingerprint density at radius 2 is 2.12 bits per heavy atom. The molecule has 2 aromatic rings. The zero-order chi connectivity index (χ0) is 18.9. The molecule has 8 nitrogen and oxygen atoms in total. The minimum Gasteiger partial charge on any atom is -0.464 e. The number of anilines is 1. The number of nitrogens with zero attached hydrogens (tertiary/aromatic N) is 2. The van der Waals surface area contributed by atoms with Crippen LogP contribution in [-0.4, -0.2) is 49.3 Å². The molecule has 1 aromatic heterocycles. The van der Waals surface area contributed by atoms with E-state index in [-0.39, 0.29) is 24.2 Å². The topological polar surface area (TPSA) is 93.9 Å². The molecule has 2 amide bonds. The Balaban J connectivity index is 2.07. The summed E-state index contributed by atoms with van der Waals surface area (Å²) in [7, 11) is 2.87. The van der Waals surface area contributed by atoms with Crippen molar-refractivity contribution in [3.8, 4) is 0 Å². The molecular weight excluding hydrogens is 338 g/mol. The lowest BCUT2D eigenvalue weighted by atomic mass is 10.2. The summed E-state index contributed by atoms with van der Waals surface area (Å²) in [6.45, 7) is 3.04. The van der Waals surface area contributed by atoms with Gasteiger partial charge in [0.1, 0.15) is 6.26 Å². The number of carbonyl (C=O) groups excluding carboxylic acids is 2. The van der Waals surface area contributed by atoms with Crippen LogP contribution in [0, 0.1) is 6.92 Å². The number of esters is 1. The minimum absolute atomic E-state index is 0.0680. The Labute approximate surface area is 152 Å². The Hall–Kier alpha value is -2.87. The second kappa shape index (κ2) is 9.57. The van der Waals surface area contributed by atoms with E-state index in [0.29, 0.717) is 25.3 Å². The lowest BCUT2D eigenvalue weighted by Gasteiger charge is -2.21. The molecule has 0 spiro atoms. The summed E-state index contributed by atoms with van der Waals surface area (Å²) in [5.74, 6) is -0.336. The Bertz CT molecular complexity index is 744. The van der Waals surface area contributed by atoms with Gasteiger partial charge < -0.3 is 24.1 Å². The number of carbonyl (C=O) groups is 2. The normalized spacial score (nSPS) is 10.4. The van der Waals surface area contributed by atoms with E-state index in [9.17, 15) is 9.59 Å². The van der Waals surface area contributed by atoms with Gasteiger partial charge in [0.05, 0.1) is 13.7 Å². The van der Waals surface area contributed by atoms with Crippen molar-refractivity contribution in [2.24, 2.45) is 0 Å². The number of aromatic nitrogens is 1. The number of benzene rings is 1. The van der Waals surface area contributed by atoms with Crippen LogP contribution in [0.5, 0.6) is 0 Å². The van der Waals surface area contributed by atoms with Crippen molar-refractivity contribution in [3.63, 3.8) is 0 Å². The van der Waals surface area contributed by atoms with Gasteiger partial charge in [0.25, 0.3) is 0 Å². The molecule has 1 aromatic carbocycles. The first-order valence-corrected chi connectivity index (χ1v) is 8.17. The van der Waals surface area contributed by atoms with Gasteiger partial charge in [0.2, 0.25) is 5.89 Å². The number of nitrogens with one attached hydrogen (secondary N) is 1.